The van der Waals surface area contributed by atoms with E-state index in [0.717, 1.165) is 56.3 Å². The molecule has 0 bridgehead atoms. The summed E-state index contributed by atoms with van der Waals surface area (Å²) in [4.78, 5) is 2.55. The minimum absolute atomic E-state index is 0.112. The molecule has 14 rings (SSSR count). The van der Waals surface area contributed by atoms with E-state index in [9.17, 15) is 0 Å². The minimum atomic E-state index is -0.593. The molecule has 1 unspecified atom stereocenters. The molecule has 1 N–H and O–H groups in total. The van der Waals surface area contributed by atoms with Crippen molar-refractivity contribution in [3.63, 3.8) is 0 Å². The van der Waals surface area contributed by atoms with E-state index in [1.54, 1.807) is 0 Å². The molecule has 0 aromatic heterocycles. The second kappa shape index (κ2) is 18.5. The highest BCUT2D eigenvalue weighted by Crippen LogP contribution is 2.59. The van der Waals surface area contributed by atoms with E-state index in [0.29, 0.717) is 0 Å². The van der Waals surface area contributed by atoms with Crippen LogP contribution in [0.25, 0.3) is 56.4 Å². The van der Waals surface area contributed by atoms with Gasteiger partial charge in [0.1, 0.15) is 0 Å². The summed E-state index contributed by atoms with van der Waals surface area (Å²) in [5.74, 6) is 0. The summed E-state index contributed by atoms with van der Waals surface area (Å²) in [5.41, 5.74) is 28.1. The largest absolute Gasteiger partial charge is 0.309 e. The van der Waals surface area contributed by atoms with Gasteiger partial charge in [0.05, 0.1) is 34.2 Å². The highest BCUT2D eigenvalue weighted by Gasteiger charge is 2.47. The first kappa shape index (κ1) is 44.2. The fraction of sp³-hybridized carbons (Fsp3) is 0.0278. The van der Waals surface area contributed by atoms with Crippen LogP contribution in [0.15, 0.2) is 291 Å². The molecule has 1 aliphatic carbocycles. The van der Waals surface area contributed by atoms with E-state index >= 15 is 0 Å². The molecule has 11 aromatic carbocycles. The summed E-state index contributed by atoms with van der Waals surface area (Å²) in [6, 6.07) is 107. The Bertz CT molecular complexity index is 3920. The van der Waals surface area contributed by atoms with Crippen LogP contribution in [-0.2, 0) is 5.41 Å². The monoisotopic (exact) mass is 957 g/mol. The molecule has 3 nitrogen and oxygen atoms in total. The average Bonchev–Trinajstić information content (AvgIpc) is 4.05. The lowest BCUT2D eigenvalue weighted by atomic mass is 9.67. The van der Waals surface area contributed by atoms with Crippen molar-refractivity contribution in [2.75, 3.05) is 4.90 Å². The first-order valence-corrected chi connectivity index (χ1v) is 26.0. The molecule has 354 valence electrons. The van der Waals surface area contributed by atoms with Crippen LogP contribution in [0.1, 0.15) is 56.1 Å². The third-order valence-electron chi connectivity index (χ3n) is 15.6. The lowest BCUT2D eigenvalue weighted by Gasteiger charge is -2.37. The first-order chi connectivity index (χ1) is 37.3. The number of anilines is 3. The molecule has 11 aromatic rings. The van der Waals surface area contributed by atoms with Crippen LogP contribution in [0.5, 0.6) is 0 Å². The predicted octanol–water partition coefficient (Wildman–Crippen LogP) is 17.8. The van der Waals surface area contributed by atoms with Crippen LogP contribution in [0, 0.1) is 0 Å². The molecule has 2 aliphatic heterocycles. The maximum atomic E-state index is 4.07. The fourth-order valence-electron chi connectivity index (χ4n) is 12.4. The van der Waals surface area contributed by atoms with Gasteiger partial charge in [0.15, 0.2) is 0 Å². The molecular formula is C72H51N3. The summed E-state index contributed by atoms with van der Waals surface area (Å²) < 4.78 is 0. The Morgan fingerprint density at radius 1 is 0.360 bits per heavy atom. The molecular weight excluding hydrogens is 907 g/mol. The van der Waals surface area contributed by atoms with Gasteiger partial charge in [-0.25, -0.2) is 5.43 Å². The number of benzene rings is 11. The van der Waals surface area contributed by atoms with Crippen LogP contribution in [-0.4, -0.2) is 5.01 Å². The maximum Gasteiger partial charge on any atom is 0.0793 e. The van der Waals surface area contributed by atoms with Crippen LogP contribution in [0.2, 0.25) is 0 Å². The van der Waals surface area contributed by atoms with Gasteiger partial charge in [-0.3, -0.25) is 5.01 Å². The normalized spacial score (nSPS) is 14.9. The topological polar surface area (TPSA) is 18.5 Å². The molecule has 75 heavy (non-hydrogen) atoms. The Morgan fingerprint density at radius 3 is 1.52 bits per heavy atom. The second-order valence-corrected chi connectivity index (χ2v) is 19.6. The predicted molar refractivity (Wildman–Crippen MR) is 311 cm³/mol. The third-order valence-corrected chi connectivity index (χ3v) is 15.6. The van der Waals surface area contributed by atoms with Crippen LogP contribution < -0.4 is 10.3 Å². The van der Waals surface area contributed by atoms with Gasteiger partial charge in [0.2, 0.25) is 0 Å². The average molecular weight is 958 g/mol. The van der Waals surface area contributed by atoms with Crippen molar-refractivity contribution < 1.29 is 0 Å². The summed E-state index contributed by atoms with van der Waals surface area (Å²) in [7, 11) is 0. The van der Waals surface area contributed by atoms with Crippen molar-refractivity contribution in [2.24, 2.45) is 0 Å². The molecule has 0 amide bonds. The van der Waals surface area contributed by atoms with Crippen molar-refractivity contribution in [3.05, 3.63) is 341 Å². The number of para-hydroxylation sites is 1. The summed E-state index contributed by atoms with van der Waals surface area (Å²) in [6.07, 6.45) is 2.42. The van der Waals surface area contributed by atoms with Gasteiger partial charge in [-0.05, 0) is 97.1 Å². The van der Waals surface area contributed by atoms with Crippen LogP contribution in [0.4, 0.5) is 17.1 Å². The van der Waals surface area contributed by atoms with E-state index in [-0.39, 0.29) is 6.04 Å². The summed E-state index contributed by atoms with van der Waals surface area (Å²) >= 11 is 0. The van der Waals surface area contributed by atoms with Gasteiger partial charge < -0.3 is 4.90 Å². The van der Waals surface area contributed by atoms with Crippen LogP contribution in [0.3, 0.4) is 0 Å². The summed E-state index contributed by atoms with van der Waals surface area (Å²) in [6.45, 7) is 0. The van der Waals surface area contributed by atoms with Gasteiger partial charge in [-0.15, -0.1) is 0 Å². The zero-order chi connectivity index (χ0) is 49.7. The highest BCUT2D eigenvalue weighted by atomic mass is 15.6. The second-order valence-electron chi connectivity index (χ2n) is 19.6. The maximum absolute atomic E-state index is 4.07. The number of hydrogen-bond donors (Lipinski definition) is 1. The van der Waals surface area contributed by atoms with Crippen molar-refractivity contribution in [3.8, 4) is 33.4 Å². The molecule has 0 saturated heterocycles. The zero-order valence-corrected chi connectivity index (χ0v) is 41.3. The highest BCUT2D eigenvalue weighted by molar-refractivity contribution is 6.08. The van der Waals surface area contributed by atoms with Crippen molar-refractivity contribution in [1.82, 2.24) is 10.4 Å². The van der Waals surface area contributed by atoms with E-state index < -0.39 is 5.41 Å². The minimum Gasteiger partial charge on any atom is -0.309 e. The van der Waals surface area contributed by atoms with Crippen molar-refractivity contribution in [1.29, 1.82) is 0 Å². The number of nitrogens with zero attached hydrogens (tertiary/aromatic N) is 2. The third kappa shape index (κ3) is 7.23. The summed E-state index contributed by atoms with van der Waals surface area (Å²) in [5, 5.41) is 2.36. The number of fused-ring (bicyclic) bond motifs is 6. The van der Waals surface area contributed by atoms with E-state index in [2.05, 4.69) is 313 Å². The Balaban J connectivity index is 1.09. The lowest BCUT2D eigenvalue weighted by molar-refractivity contribution is 0.405. The first-order valence-electron chi connectivity index (χ1n) is 26.0. The van der Waals surface area contributed by atoms with Gasteiger partial charge in [0, 0.05) is 28.0 Å². The van der Waals surface area contributed by atoms with Crippen molar-refractivity contribution in [2.45, 2.75) is 11.5 Å². The molecule has 0 saturated carbocycles. The number of hydrazine groups is 1. The van der Waals surface area contributed by atoms with Crippen LogP contribution >= 0.6 is 0 Å². The quantitative estimate of drug-likeness (QED) is 0.147. The number of hydrogen-bond acceptors (Lipinski definition) is 3. The SMILES string of the molecule is C1=C(c2ccccc2)N2NC(c3ccccc3)C(c3ccccc3)=C2c2cccc(N(c3ccc4c(c3)C(c3ccccc3)(c3ccccc3)c3ccccc3-4)c3ccccc3-c3ccccc3-c3ccccc3)c21. The standard InChI is InChI=1S/C72H51N3/c1-7-26-50(27-8-1)57-38-19-20-39-58(57)61-41-22-24-44-66(61)74(56-46-47-60-59-40-21-23-43-64(59)72(65(60)48-56,54-34-15-5-16-35-54)55-36-17-6-18-37-55)67-45-25-42-62-63(67)49-68(51-28-9-2-10-29-51)75-71(62)69(52-30-11-3-12-31-52)70(73-75)53-32-13-4-14-33-53/h1-49,70,73H. The molecule has 3 heteroatoms. The van der Waals surface area contributed by atoms with Gasteiger partial charge in [0.25, 0.3) is 0 Å². The van der Waals surface area contributed by atoms with Crippen molar-refractivity contribution >= 4 is 40.1 Å². The molecule has 3 aliphatic rings. The molecule has 0 fully saturated rings. The number of nitrogens with one attached hydrogen (secondary N) is 1. The Kier molecular flexibility index (Phi) is 10.9. The smallest absolute Gasteiger partial charge is 0.0793 e. The Labute approximate surface area is 439 Å². The van der Waals surface area contributed by atoms with E-state index in [1.807, 2.05) is 0 Å². The van der Waals surface area contributed by atoms with Gasteiger partial charge >= 0.3 is 0 Å². The van der Waals surface area contributed by atoms with E-state index in [4.69, 9.17) is 0 Å². The van der Waals surface area contributed by atoms with Gasteiger partial charge in [-0.2, -0.15) is 0 Å². The molecule has 2 heterocycles. The molecule has 0 spiro atoms. The molecule has 1 atom stereocenters. The molecule has 0 radical (unpaired) electrons. The Hall–Kier alpha value is -9.54. The Morgan fingerprint density at radius 2 is 0.853 bits per heavy atom. The van der Waals surface area contributed by atoms with Gasteiger partial charge in [-0.1, -0.05) is 267 Å². The fourth-order valence-corrected chi connectivity index (χ4v) is 12.4. The number of rotatable bonds is 10. The lowest BCUT2D eigenvalue weighted by Crippen LogP contribution is -2.33. The zero-order valence-electron chi connectivity index (χ0n) is 41.3. The van der Waals surface area contributed by atoms with E-state index in [1.165, 1.54) is 61.2 Å².